The standard InChI is InChI=1S/C16H17ClFNO/c1-19-15(12-4-6-13(17)7-5-12)10-11-3-8-16(20-2)14(18)9-11/h3-9,15,19H,10H2,1-2H3. The minimum atomic E-state index is -0.337. The Morgan fingerprint density at radius 3 is 2.45 bits per heavy atom. The van der Waals surface area contributed by atoms with Crippen LogP contribution in [0.4, 0.5) is 4.39 Å². The van der Waals surface area contributed by atoms with Crippen molar-refractivity contribution < 1.29 is 9.13 Å². The van der Waals surface area contributed by atoms with Crippen molar-refractivity contribution in [1.82, 2.24) is 5.32 Å². The molecule has 0 aliphatic carbocycles. The molecular weight excluding hydrogens is 277 g/mol. The van der Waals surface area contributed by atoms with Gasteiger partial charge in [0.1, 0.15) is 0 Å². The second-order valence-electron chi connectivity index (χ2n) is 4.57. The summed E-state index contributed by atoms with van der Waals surface area (Å²) in [5, 5.41) is 3.95. The van der Waals surface area contributed by atoms with Gasteiger partial charge in [0.25, 0.3) is 0 Å². The van der Waals surface area contributed by atoms with Crippen LogP contribution in [0, 0.1) is 5.82 Å². The maximum absolute atomic E-state index is 13.7. The van der Waals surface area contributed by atoms with Gasteiger partial charge in [0.05, 0.1) is 7.11 Å². The van der Waals surface area contributed by atoms with E-state index in [2.05, 4.69) is 5.32 Å². The fourth-order valence-corrected chi connectivity index (χ4v) is 2.28. The van der Waals surface area contributed by atoms with E-state index in [1.165, 1.54) is 13.2 Å². The number of rotatable bonds is 5. The summed E-state index contributed by atoms with van der Waals surface area (Å²) in [4.78, 5) is 0. The van der Waals surface area contributed by atoms with Crippen molar-refractivity contribution in [2.45, 2.75) is 12.5 Å². The first kappa shape index (κ1) is 14.8. The monoisotopic (exact) mass is 293 g/mol. The van der Waals surface area contributed by atoms with E-state index in [1.807, 2.05) is 37.4 Å². The summed E-state index contributed by atoms with van der Waals surface area (Å²) < 4.78 is 18.6. The largest absolute Gasteiger partial charge is 0.494 e. The van der Waals surface area contributed by atoms with Gasteiger partial charge in [-0.2, -0.15) is 0 Å². The number of nitrogens with one attached hydrogen (secondary N) is 1. The first-order chi connectivity index (χ1) is 9.63. The Kier molecular flexibility index (Phi) is 4.99. The number of benzene rings is 2. The van der Waals surface area contributed by atoms with E-state index in [1.54, 1.807) is 6.07 Å². The van der Waals surface area contributed by atoms with E-state index in [-0.39, 0.29) is 17.6 Å². The molecule has 106 valence electrons. The molecule has 20 heavy (non-hydrogen) atoms. The lowest BCUT2D eigenvalue weighted by atomic mass is 9.99. The topological polar surface area (TPSA) is 21.3 Å². The van der Waals surface area contributed by atoms with Crippen molar-refractivity contribution in [2.75, 3.05) is 14.2 Å². The third kappa shape index (κ3) is 3.50. The Morgan fingerprint density at radius 2 is 1.90 bits per heavy atom. The molecule has 0 saturated carbocycles. The summed E-state index contributed by atoms with van der Waals surface area (Å²) in [7, 11) is 3.35. The summed E-state index contributed by atoms with van der Waals surface area (Å²) in [6.07, 6.45) is 0.693. The average Bonchev–Trinajstić information content (AvgIpc) is 2.46. The maximum Gasteiger partial charge on any atom is 0.165 e. The van der Waals surface area contributed by atoms with Gasteiger partial charge in [-0.15, -0.1) is 0 Å². The number of hydrogen-bond donors (Lipinski definition) is 1. The van der Waals surface area contributed by atoms with Crippen LogP contribution in [0.3, 0.4) is 0 Å². The Labute approximate surface area is 123 Å². The zero-order valence-corrected chi connectivity index (χ0v) is 12.2. The molecule has 1 atom stereocenters. The highest BCUT2D eigenvalue weighted by Crippen LogP contribution is 2.23. The van der Waals surface area contributed by atoms with Gasteiger partial charge in [-0.05, 0) is 48.9 Å². The number of halogens is 2. The molecule has 2 aromatic rings. The van der Waals surface area contributed by atoms with Gasteiger partial charge in [-0.3, -0.25) is 0 Å². The average molecular weight is 294 g/mol. The molecule has 0 amide bonds. The zero-order chi connectivity index (χ0) is 14.5. The summed E-state index contributed by atoms with van der Waals surface area (Å²) in [5.41, 5.74) is 2.03. The van der Waals surface area contributed by atoms with Crippen LogP contribution in [0.1, 0.15) is 17.2 Å². The number of hydrogen-bond acceptors (Lipinski definition) is 2. The molecular formula is C16H17ClFNO. The van der Waals surface area contributed by atoms with Crippen LogP contribution in [0.15, 0.2) is 42.5 Å². The first-order valence-electron chi connectivity index (χ1n) is 6.39. The highest BCUT2D eigenvalue weighted by atomic mass is 35.5. The van der Waals surface area contributed by atoms with E-state index in [4.69, 9.17) is 16.3 Å². The second-order valence-corrected chi connectivity index (χ2v) is 5.00. The Morgan fingerprint density at radius 1 is 1.20 bits per heavy atom. The smallest absolute Gasteiger partial charge is 0.165 e. The summed E-state index contributed by atoms with van der Waals surface area (Å²) >= 11 is 5.89. The van der Waals surface area contributed by atoms with E-state index < -0.39 is 0 Å². The molecule has 0 aliphatic rings. The lowest BCUT2D eigenvalue weighted by Crippen LogP contribution is -2.18. The van der Waals surface area contributed by atoms with Crippen LogP contribution in [-0.4, -0.2) is 14.2 Å². The van der Waals surface area contributed by atoms with Crippen LogP contribution in [0.5, 0.6) is 5.75 Å². The molecule has 4 heteroatoms. The van der Waals surface area contributed by atoms with Crippen LogP contribution in [0.2, 0.25) is 5.02 Å². The third-order valence-electron chi connectivity index (χ3n) is 3.28. The van der Waals surface area contributed by atoms with Crippen molar-refractivity contribution in [1.29, 1.82) is 0 Å². The number of methoxy groups -OCH3 is 1. The lowest BCUT2D eigenvalue weighted by molar-refractivity contribution is 0.386. The molecule has 0 bridgehead atoms. The second kappa shape index (κ2) is 6.73. The molecule has 0 fully saturated rings. The quantitative estimate of drug-likeness (QED) is 0.900. The van der Waals surface area contributed by atoms with E-state index in [9.17, 15) is 4.39 Å². The Balaban J connectivity index is 2.17. The van der Waals surface area contributed by atoms with E-state index in [0.29, 0.717) is 11.4 Å². The summed E-state index contributed by atoms with van der Waals surface area (Å²) in [5.74, 6) is -0.0720. The fourth-order valence-electron chi connectivity index (χ4n) is 2.15. The van der Waals surface area contributed by atoms with Crippen LogP contribution >= 0.6 is 11.6 Å². The Hall–Kier alpha value is -1.58. The first-order valence-corrected chi connectivity index (χ1v) is 6.77. The van der Waals surface area contributed by atoms with Crippen LogP contribution < -0.4 is 10.1 Å². The predicted molar refractivity (Wildman–Crippen MR) is 79.9 cm³/mol. The van der Waals surface area contributed by atoms with Crippen molar-refractivity contribution in [3.8, 4) is 5.75 Å². The Bertz CT molecular complexity index is 571. The highest BCUT2D eigenvalue weighted by molar-refractivity contribution is 6.30. The van der Waals surface area contributed by atoms with Crippen molar-refractivity contribution >= 4 is 11.6 Å². The molecule has 0 aromatic heterocycles. The van der Waals surface area contributed by atoms with Gasteiger partial charge in [0, 0.05) is 11.1 Å². The fraction of sp³-hybridized carbons (Fsp3) is 0.250. The van der Waals surface area contributed by atoms with E-state index >= 15 is 0 Å². The lowest BCUT2D eigenvalue weighted by Gasteiger charge is -2.17. The minimum absolute atomic E-state index is 0.111. The normalized spacial score (nSPS) is 12.2. The van der Waals surface area contributed by atoms with E-state index in [0.717, 1.165) is 11.1 Å². The molecule has 2 nitrogen and oxygen atoms in total. The molecule has 0 heterocycles. The molecule has 1 N–H and O–H groups in total. The van der Waals surface area contributed by atoms with Crippen molar-refractivity contribution in [3.05, 3.63) is 64.4 Å². The van der Waals surface area contributed by atoms with Gasteiger partial charge < -0.3 is 10.1 Å². The maximum atomic E-state index is 13.7. The molecule has 1 unspecified atom stereocenters. The molecule has 2 aromatic carbocycles. The predicted octanol–water partition coefficient (Wildman–Crippen LogP) is 3.99. The summed E-state index contributed by atoms with van der Waals surface area (Å²) in [6, 6.07) is 12.8. The number of ether oxygens (including phenoxy) is 1. The van der Waals surface area contributed by atoms with Gasteiger partial charge >= 0.3 is 0 Å². The molecule has 0 radical (unpaired) electrons. The zero-order valence-electron chi connectivity index (χ0n) is 11.5. The highest BCUT2D eigenvalue weighted by Gasteiger charge is 2.12. The minimum Gasteiger partial charge on any atom is -0.494 e. The van der Waals surface area contributed by atoms with Crippen molar-refractivity contribution in [3.63, 3.8) is 0 Å². The number of likely N-dealkylation sites (N-methyl/N-ethyl adjacent to an activating group) is 1. The van der Waals surface area contributed by atoms with Crippen molar-refractivity contribution in [2.24, 2.45) is 0 Å². The molecule has 2 rings (SSSR count). The van der Waals surface area contributed by atoms with Gasteiger partial charge in [0.2, 0.25) is 0 Å². The van der Waals surface area contributed by atoms with Gasteiger partial charge in [-0.25, -0.2) is 4.39 Å². The molecule has 0 saturated heterocycles. The third-order valence-corrected chi connectivity index (χ3v) is 3.53. The molecule has 0 spiro atoms. The van der Waals surface area contributed by atoms with Crippen LogP contribution in [-0.2, 0) is 6.42 Å². The summed E-state index contributed by atoms with van der Waals surface area (Å²) in [6.45, 7) is 0. The van der Waals surface area contributed by atoms with Gasteiger partial charge in [0.15, 0.2) is 11.6 Å². The van der Waals surface area contributed by atoms with Gasteiger partial charge in [-0.1, -0.05) is 29.8 Å². The van der Waals surface area contributed by atoms with Crippen LogP contribution in [0.25, 0.3) is 0 Å². The molecule has 0 aliphatic heterocycles. The SMILES string of the molecule is CNC(Cc1ccc(OC)c(F)c1)c1ccc(Cl)cc1.